The average molecular weight is 256 g/mol. The zero-order valence-corrected chi connectivity index (χ0v) is 10.5. The Hall–Kier alpha value is -2.32. The molecule has 4 nitrogen and oxygen atoms in total. The Morgan fingerprint density at radius 2 is 2.21 bits per heavy atom. The molecule has 2 rings (SSSR count). The van der Waals surface area contributed by atoms with Crippen molar-refractivity contribution in [2.24, 2.45) is 0 Å². The van der Waals surface area contributed by atoms with Crippen molar-refractivity contribution in [1.29, 1.82) is 5.26 Å². The van der Waals surface area contributed by atoms with Gasteiger partial charge >= 0.3 is 0 Å². The third-order valence-electron chi connectivity index (χ3n) is 2.74. The van der Waals surface area contributed by atoms with Crippen LogP contribution >= 0.6 is 0 Å². The standard InChI is InChI=1S/C14H13FN4/c1-10(14-13(15)3-2-6-17-14)18-9-12-5-4-11(7-16)8-19-12/h2-6,8,10,18H,9H2,1H3/t10-/m1/s1. The Morgan fingerprint density at radius 3 is 2.84 bits per heavy atom. The van der Waals surface area contributed by atoms with Gasteiger partial charge in [-0.25, -0.2) is 4.39 Å². The van der Waals surface area contributed by atoms with Crippen molar-refractivity contribution in [3.63, 3.8) is 0 Å². The van der Waals surface area contributed by atoms with Crippen LogP contribution in [0.2, 0.25) is 0 Å². The molecule has 1 atom stereocenters. The summed E-state index contributed by atoms with van der Waals surface area (Å²) in [4.78, 5) is 8.16. The Labute approximate surface area is 110 Å². The minimum absolute atomic E-state index is 0.210. The van der Waals surface area contributed by atoms with Gasteiger partial charge in [0.15, 0.2) is 0 Å². The largest absolute Gasteiger partial charge is 0.303 e. The molecule has 0 aliphatic carbocycles. The molecule has 1 N–H and O–H groups in total. The molecule has 0 aliphatic heterocycles. The van der Waals surface area contributed by atoms with Gasteiger partial charge in [-0.05, 0) is 31.2 Å². The topological polar surface area (TPSA) is 61.6 Å². The number of pyridine rings is 2. The van der Waals surface area contributed by atoms with E-state index in [-0.39, 0.29) is 11.9 Å². The van der Waals surface area contributed by atoms with Gasteiger partial charge in [-0.3, -0.25) is 9.97 Å². The molecule has 0 saturated heterocycles. The average Bonchev–Trinajstić information content (AvgIpc) is 2.46. The molecule has 0 bridgehead atoms. The summed E-state index contributed by atoms with van der Waals surface area (Å²) in [5.41, 5.74) is 1.70. The Morgan fingerprint density at radius 1 is 1.37 bits per heavy atom. The summed E-state index contributed by atoms with van der Waals surface area (Å²) in [6, 6.07) is 8.23. The molecule has 0 saturated carbocycles. The second-order valence-electron chi connectivity index (χ2n) is 4.12. The molecule has 0 radical (unpaired) electrons. The molecule has 19 heavy (non-hydrogen) atoms. The fourth-order valence-electron chi connectivity index (χ4n) is 1.67. The lowest BCUT2D eigenvalue weighted by Gasteiger charge is -2.13. The van der Waals surface area contributed by atoms with E-state index < -0.39 is 0 Å². The third-order valence-corrected chi connectivity index (χ3v) is 2.74. The van der Waals surface area contributed by atoms with E-state index in [4.69, 9.17) is 5.26 Å². The summed E-state index contributed by atoms with van der Waals surface area (Å²) in [5.74, 6) is -0.324. The van der Waals surface area contributed by atoms with Crippen LogP contribution in [-0.4, -0.2) is 9.97 Å². The molecule has 0 fully saturated rings. The van der Waals surface area contributed by atoms with Gasteiger partial charge < -0.3 is 5.32 Å². The molecule has 0 aliphatic rings. The molecule has 2 aromatic rings. The number of rotatable bonds is 4. The smallest absolute Gasteiger partial charge is 0.146 e. The highest BCUT2D eigenvalue weighted by Crippen LogP contribution is 2.13. The van der Waals surface area contributed by atoms with Crippen molar-refractivity contribution in [2.45, 2.75) is 19.5 Å². The molecule has 5 heteroatoms. The summed E-state index contributed by atoms with van der Waals surface area (Å²) in [6.07, 6.45) is 3.08. The van der Waals surface area contributed by atoms with Crippen LogP contribution in [0.4, 0.5) is 4.39 Å². The summed E-state index contributed by atoms with van der Waals surface area (Å²) in [5, 5.41) is 11.8. The highest BCUT2D eigenvalue weighted by atomic mass is 19.1. The first kappa shape index (κ1) is 13.1. The van der Waals surface area contributed by atoms with Crippen LogP contribution in [0.1, 0.15) is 29.9 Å². The molecule has 0 spiro atoms. The maximum absolute atomic E-state index is 13.5. The number of halogens is 1. The monoisotopic (exact) mass is 256 g/mol. The van der Waals surface area contributed by atoms with E-state index in [1.54, 1.807) is 24.4 Å². The predicted octanol–water partition coefficient (Wildman–Crippen LogP) is 2.34. The summed E-state index contributed by atoms with van der Waals surface area (Å²) < 4.78 is 13.5. The first-order valence-electron chi connectivity index (χ1n) is 5.89. The van der Waals surface area contributed by atoms with Crippen LogP contribution in [0, 0.1) is 17.1 Å². The Kier molecular flexibility index (Phi) is 4.16. The van der Waals surface area contributed by atoms with E-state index in [0.717, 1.165) is 5.69 Å². The molecule has 0 unspecified atom stereocenters. The number of hydrogen-bond donors (Lipinski definition) is 1. The van der Waals surface area contributed by atoms with Gasteiger partial charge in [-0.2, -0.15) is 5.26 Å². The molecule has 96 valence electrons. The summed E-state index contributed by atoms with van der Waals surface area (Å²) in [7, 11) is 0. The van der Waals surface area contributed by atoms with E-state index in [9.17, 15) is 4.39 Å². The second kappa shape index (κ2) is 6.03. The normalized spacial score (nSPS) is 11.8. The molecular formula is C14H13FN4. The predicted molar refractivity (Wildman–Crippen MR) is 68.4 cm³/mol. The van der Waals surface area contributed by atoms with Gasteiger partial charge in [-0.1, -0.05) is 0 Å². The van der Waals surface area contributed by atoms with E-state index in [1.165, 1.54) is 12.3 Å². The van der Waals surface area contributed by atoms with Crippen molar-refractivity contribution in [3.05, 3.63) is 59.4 Å². The zero-order valence-electron chi connectivity index (χ0n) is 10.5. The third kappa shape index (κ3) is 3.33. The van der Waals surface area contributed by atoms with Crippen molar-refractivity contribution in [2.75, 3.05) is 0 Å². The quantitative estimate of drug-likeness (QED) is 0.912. The number of nitriles is 1. The summed E-state index contributed by atoms with van der Waals surface area (Å²) >= 11 is 0. The first-order valence-corrected chi connectivity index (χ1v) is 5.89. The van der Waals surface area contributed by atoms with E-state index in [0.29, 0.717) is 17.8 Å². The van der Waals surface area contributed by atoms with Gasteiger partial charge in [0.1, 0.15) is 11.9 Å². The number of nitrogens with zero attached hydrogens (tertiary/aromatic N) is 3. The van der Waals surface area contributed by atoms with Crippen molar-refractivity contribution >= 4 is 0 Å². The van der Waals surface area contributed by atoms with Gasteiger partial charge in [-0.15, -0.1) is 0 Å². The molecule has 0 amide bonds. The SMILES string of the molecule is C[C@@H](NCc1ccc(C#N)cn1)c1ncccc1F. The number of nitrogens with one attached hydrogen (secondary N) is 1. The second-order valence-corrected chi connectivity index (χ2v) is 4.12. The summed E-state index contributed by atoms with van der Waals surface area (Å²) in [6.45, 7) is 2.33. The lowest BCUT2D eigenvalue weighted by molar-refractivity contribution is 0.509. The van der Waals surface area contributed by atoms with Crippen molar-refractivity contribution in [3.8, 4) is 6.07 Å². The minimum atomic E-state index is -0.324. The zero-order chi connectivity index (χ0) is 13.7. The maximum Gasteiger partial charge on any atom is 0.146 e. The highest BCUT2D eigenvalue weighted by Gasteiger charge is 2.11. The van der Waals surface area contributed by atoms with Crippen LogP contribution < -0.4 is 5.32 Å². The minimum Gasteiger partial charge on any atom is -0.303 e. The highest BCUT2D eigenvalue weighted by molar-refractivity contribution is 5.26. The van der Waals surface area contributed by atoms with Gasteiger partial charge in [0.25, 0.3) is 0 Å². The van der Waals surface area contributed by atoms with Crippen LogP contribution in [0.15, 0.2) is 36.7 Å². The fourth-order valence-corrected chi connectivity index (χ4v) is 1.67. The molecular weight excluding hydrogens is 243 g/mol. The van der Waals surface area contributed by atoms with Crippen LogP contribution in [0.5, 0.6) is 0 Å². The van der Waals surface area contributed by atoms with Crippen LogP contribution in [0.25, 0.3) is 0 Å². The molecule has 2 heterocycles. The lowest BCUT2D eigenvalue weighted by atomic mass is 10.2. The van der Waals surface area contributed by atoms with Gasteiger partial charge in [0.05, 0.1) is 17.0 Å². The Bertz CT molecular complexity index is 589. The number of aromatic nitrogens is 2. The molecule has 2 aromatic heterocycles. The van der Waals surface area contributed by atoms with Crippen molar-refractivity contribution < 1.29 is 4.39 Å². The van der Waals surface area contributed by atoms with Gasteiger partial charge in [0.2, 0.25) is 0 Å². The van der Waals surface area contributed by atoms with Gasteiger partial charge in [0, 0.05) is 25.0 Å². The van der Waals surface area contributed by atoms with Crippen LogP contribution in [0.3, 0.4) is 0 Å². The van der Waals surface area contributed by atoms with Crippen molar-refractivity contribution in [1.82, 2.24) is 15.3 Å². The van der Waals surface area contributed by atoms with E-state index in [1.807, 2.05) is 13.0 Å². The van der Waals surface area contributed by atoms with E-state index in [2.05, 4.69) is 15.3 Å². The first-order chi connectivity index (χ1) is 9.20. The van der Waals surface area contributed by atoms with E-state index >= 15 is 0 Å². The molecule has 0 aromatic carbocycles. The fraction of sp³-hybridized carbons (Fsp3) is 0.214. The number of hydrogen-bond acceptors (Lipinski definition) is 4. The Balaban J connectivity index is 1.98. The van der Waals surface area contributed by atoms with Crippen LogP contribution in [-0.2, 0) is 6.54 Å². The maximum atomic E-state index is 13.5. The lowest BCUT2D eigenvalue weighted by Crippen LogP contribution is -2.20.